The van der Waals surface area contributed by atoms with E-state index in [4.69, 9.17) is 38.4 Å². The topological polar surface area (TPSA) is 64.8 Å². The number of benzene rings is 1. The van der Waals surface area contributed by atoms with Gasteiger partial charge in [0.2, 0.25) is 5.91 Å². The normalized spacial score (nSPS) is 19.8. The lowest BCUT2D eigenvalue weighted by Crippen LogP contribution is -2.47. The van der Waals surface area contributed by atoms with Gasteiger partial charge in [-0.1, -0.05) is 29.3 Å². The van der Waals surface area contributed by atoms with Gasteiger partial charge in [-0.2, -0.15) is 0 Å². The van der Waals surface area contributed by atoms with Crippen molar-refractivity contribution in [1.82, 2.24) is 4.90 Å². The van der Waals surface area contributed by atoms with Gasteiger partial charge in [-0.05, 0) is 12.1 Å². The Bertz CT molecular complexity index is 464. The third kappa shape index (κ3) is 4.24. The van der Waals surface area contributed by atoms with Crippen molar-refractivity contribution < 1.29 is 14.3 Å². The second-order valence-electron chi connectivity index (χ2n) is 4.56. The lowest BCUT2D eigenvalue weighted by atomic mass is 10.2. The number of hydrogen-bond donors (Lipinski definition) is 1. The Morgan fingerprint density at radius 1 is 1.45 bits per heavy atom. The Morgan fingerprint density at radius 3 is 2.80 bits per heavy atom. The van der Waals surface area contributed by atoms with Crippen LogP contribution in [-0.2, 0) is 9.53 Å². The molecule has 0 saturated carbocycles. The summed E-state index contributed by atoms with van der Waals surface area (Å²) in [5.74, 6) is 0.104. The summed E-state index contributed by atoms with van der Waals surface area (Å²) in [6, 6.07) is 5.18. The predicted molar refractivity (Wildman–Crippen MR) is 77.3 cm³/mol. The molecule has 1 aliphatic heterocycles. The maximum atomic E-state index is 10.9. The molecule has 20 heavy (non-hydrogen) atoms. The van der Waals surface area contributed by atoms with Crippen molar-refractivity contribution in [1.29, 1.82) is 0 Å². The molecule has 7 heteroatoms. The summed E-state index contributed by atoms with van der Waals surface area (Å²) in [5, 5.41) is 0.921. The number of primary amides is 1. The van der Waals surface area contributed by atoms with E-state index in [1.807, 2.05) is 4.90 Å². The lowest BCUT2D eigenvalue weighted by molar-refractivity contribution is -0.121. The molecule has 1 fully saturated rings. The van der Waals surface area contributed by atoms with E-state index in [1.54, 1.807) is 18.2 Å². The first-order chi connectivity index (χ1) is 9.56. The van der Waals surface area contributed by atoms with E-state index in [0.717, 1.165) is 0 Å². The van der Waals surface area contributed by atoms with Crippen LogP contribution in [0.4, 0.5) is 0 Å². The van der Waals surface area contributed by atoms with Gasteiger partial charge >= 0.3 is 0 Å². The van der Waals surface area contributed by atoms with Crippen LogP contribution in [0.1, 0.15) is 0 Å². The van der Waals surface area contributed by atoms with Crippen molar-refractivity contribution >= 4 is 29.1 Å². The third-order valence-corrected chi connectivity index (χ3v) is 3.53. The second-order valence-corrected chi connectivity index (χ2v) is 5.37. The summed E-state index contributed by atoms with van der Waals surface area (Å²) >= 11 is 12.0. The van der Waals surface area contributed by atoms with Gasteiger partial charge in [0.1, 0.15) is 12.7 Å². The molecule has 2 rings (SSSR count). The van der Waals surface area contributed by atoms with Gasteiger partial charge in [0.15, 0.2) is 5.75 Å². The van der Waals surface area contributed by atoms with Crippen LogP contribution in [-0.4, -0.2) is 49.8 Å². The molecule has 1 heterocycles. The van der Waals surface area contributed by atoms with Crippen molar-refractivity contribution in [3.05, 3.63) is 28.2 Å². The zero-order chi connectivity index (χ0) is 14.5. The highest BCUT2D eigenvalue weighted by Crippen LogP contribution is 2.32. The second kappa shape index (κ2) is 7.13. The Kier molecular flexibility index (Phi) is 5.48. The molecule has 1 amide bonds. The van der Waals surface area contributed by atoms with Gasteiger partial charge in [-0.3, -0.25) is 9.69 Å². The minimum absolute atomic E-state index is 0.143. The summed E-state index contributed by atoms with van der Waals surface area (Å²) in [7, 11) is 0. The molecule has 1 atom stereocenters. The first kappa shape index (κ1) is 15.4. The third-order valence-electron chi connectivity index (χ3n) is 2.93. The number of para-hydroxylation sites is 1. The number of ether oxygens (including phenoxy) is 2. The Labute approximate surface area is 127 Å². The van der Waals surface area contributed by atoms with Crippen molar-refractivity contribution in [3.8, 4) is 5.75 Å². The predicted octanol–water partition coefficient (Wildman–Crippen LogP) is 1.56. The van der Waals surface area contributed by atoms with E-state index in [9.17, 15) is 4.79 Å². The molecule has 1 aromatic carbocycles. The quantitative estimate of drug-likeness (QED) is 0.894. The highest BCUT2D eigenvalue weighted by molar-refractivity contribution is 6.37. The number of hydrogen-bond acceptors (Lipinski definition) is 4. The Morgan fingerprint density at radius 2 is 2.15 bits per heavy atom. The number of nitrogens with zero attached hydrogens (tertiary/aromatic N) is 1. The molecule has 0 radical (unpaired) electrons. The average molecular weight is 319 g/mol. The standard InChI is InChI=1S/C13H16Cl2N2O3/c14-10-2-1-3-11(15)13(10)20-8-9-6-17(4-5-19-9)7-12(16)18/h1-3,9H,4-8H2,(H2,16,18)/t9-/m1/s1. The molecule has 0 aromatic heterocycles. The molecule has 1 saturated heterocycles. The highest BCUT2D eigenvalue weighted by atomic mass is 35.5. The number of halogens is 2. The van der Waals surface area contributed by atoms with Crippen LogP contribution in [0, 0.1) is 0 Å². The van der Waals surface area contributed by atoms with E-state index >= 15 is 0 Å². The van der Waals surface area contributed by atoms with Gasteiger partial charge in [0.05, 0.1) is 23.2 Å². The summed E-state index contributed by atoms with van der Waals surface area (Å²) < 4.78 is 11.2. The Hall–Kier alpha value is -1.01. The van der Waals surface area contributed by atoms with E-state index < -0.39 is 0 Å². The average Bonchev–Trinajstić information content (AvgIpc) is 2.38. The van der Waals surface area contributed by atoms with Crippen LogP contribution in [0.2, 0.25) is 10.0 Å². The van der Waals surface area contributed by atoms with Crippen LogP contribution >= 0.6 is 23.2 Å². The van der Waals surface area contributed by atoms with Crippen molar-refractivity contribution in [2.45, 2.75) is 6.10 Å². The molecule has 0 unspecified atom stereocenters. The van der Waals surface area contributed by atoms with E-state index in [1.165, 1.54) is 0 Å². The molecular formula is C13H16Cl2N2O3. The first-order valence-corrected chi connectivity index (χ1v) is 7.01. The van der Waals surface area contributed by atoms with Crippen molar-refractivity contribution in [3.63, 3.8) is 0 Å². The SMILES string of the molecule is NC(=O)CN1CCO[C@@H](COc2c(Cl)cccc2Cl)C1. The number of morpholine rings is 1. The zero-order valence-corrected chi connectivity index (χ0v) is 12.4. The van der Waals surface area contributed by atoms with Crippen LogP contribution in [0.15, 0.2) is 18.2 Å². The fourth-order valence-corrected chi connectivity index (χ4v) is 2.55. The Balaban J connectivity index is 1.89. The van der Waals surface area contributed by atoms with Crippen molar-refractivity contribution in [2.24, 2.45) is 5.73 Å². The monoisotopic (exact) mass is 318 g/mol. The van der Waals surface area contributed by atoms with E-state index in [0.29, 0.717) is 42.1 Å². The number of amides is 1. The van der Waals surface area contributed by atoms with E-state index in [-0.39, 0.29) is 18.6 Å². The molecule has 1 aromatic rings. The first-order valence-electron chi connectivity index (χ1n) is 6.25. The van der Waals surface area contributed by atoms with Gasteiger partial charge < -0.3 is 15.2 Å². The molecular weight excluding hydrogens is 303 g/mol. The van der Waals surface area contributed by atoms with Gasteiger partial charge in [-0.15, -0.1) is 0 Å². The van der Waals surface area contributed by atoms with Gasteiger partial charge in [0, 0.05) is 13.1 Å². The molecule has 0 spiro atoms. The lowest BCUT2D eigenvalue weighted by Gasteiger charge is -2.31. The molecule has 5 nitrogen and oxygen atoms in total. The molecule has 0 bridgehead atoms. The maximum Gasteiger partial charge on any atom is 0.231 e. The molecule has 110 valence electrons. The van der Waals surface area contributed by atoms with Crippen LogP contribution in [0.5, 0.6) is 5.75 Å². The van der Waals surface area contributed by atoms with Crippen LogP contribution in [0.25, 0.3) is 0 Å². The number of nitrogens with two attached hydrogens (primary N) is 1. The molecule has 1 aliphatic rings. The van der Waals surface area contributed by atoms with Crippen molar-refractivity contribution in [2.75, 3.05) is 32.8 Å². The molecule has 0 aliphatic carbocycles. The van der Waals surface area contributed by atoms with E-state index in [2.05, 4.69) is 0 Å². The maximum absolute atomic E-state index is 10.9. The summed E-state index contributed by atoms with van der Waals surface area (Å²) in [6.07, 6.45) is -0.143. The molecule has 2 N–H and O–H groups in total. The summed E-state index contributed by atoms with van der Waals surface area (Å²) in [6.45, 7) is 2.36. The van der Waals surface area contributed by atoms with Gasteiger partial charge in [0.25, 0.3) is 0 Å². The zero-order valence-electron chi connectivity index (χ0n) is 10.9. The highest BCUT2D eigenvalue weighted by Gasteiger charge is 2.22. The van der Waals surface area contributed by atoms with Crippen LogP contribution < -0.4 is 10.5 Å². The number of carbonyl (C=O) groups is 1. The fourth-order valence-electron chi connectivity index (χ4n) is 2.04. The van der Waals surface area contributed by atoms with Gasteiger partial charge in [-0.25, -0.2) is 0 Å². The van der Waals surface area contributed by atoms with Crippen LogP contribution in [0.3, 0.4) is 0 Å². The smallest absolute Gasteiger partial charge is 0.231 e. The number of rotatable bonds is 5. The minimum Gasteiger partial charge on any atom is -0.488 e. The minimum atomic E-state index is -0.347. The summed E-state index contributed by atoms with van der Waals surface area (Å²) in [4.78, 5) is 12.9. The largest absolute Gasteiger partial charge is 0.488 e. The number of carbonyl (C=O) groups excluding carboxylic acids is 1. The fraction of sp³-hybridized carbons (Fsp3) is 0.462. The summed E-state index contributed by atoms with van der Waals surface area (Å²) in [5.41, 5.74) is 5.19.